The summed E-state index contributed by atoms with van der Waals surface area (Å²) in [6.45, 7) is 0. The van der Waals surface area contributed by atoms with Crippen molar-refractivity contribution in [2.45, 2.75) is 18.1 Å². The molecule has 0 aliphatic heterocycles. The Kier molecular flexibility index (Phi) is 6.04. The minimum atomic E-state index is -0.581. The van der Waals surface area contributed by atoms with Crippen molar-refractivity contribution in [3.05, 3.63) is 96.1 Å². The first-order chi connectivity index (χ1) is 13.1. The number of hydrogen-bond donors (Lipinski definition) is 0. The van der Waals surface area contributed by atoms with Crippen LogP contribution >= 0.6 is 0 Å². The van der Waals surface area contributed by atoms with E-state index in [1.807, 2.05) is 80.9 Å². The molecule has 1 aliphatic carbocycles. The zero-order valence-electron chi connectivity index (χ0n) is 16.2. The lowest BCUT2D eigenvalue weighted by molar-refractivity contribution is -0.135. The van der Waals surface area contributed by atoms with Gasteiger partial charge in [0.2, 0.25) is 0 Å². The molecule has 3 heteroatoms. The molecule has 140 valence electrons. The van der Waals surface area contributed by atoms with E-state index in [1.54, 1.807) is 7.11 Å². The third-order valence-corrected chi connectivity index (χ3v) is 5.40. The Morgan fingerprint density at radius 2 is 1.67 bits per heavy atom. The largest absolute Gasteiger partial charge is 0.369 e. The third kappa shape index (κ3) is 3.95. The topological polar surface area (TPSA) is 29.5 Å². The number of allylic oxidation sites excluding steroid dienone is 2. The number of methoxy groups -OCH3 is 1. The Balaban J connectivity index is 1.98. The van der Waals surface area contributed by atoms with E-state index in [9.17, 15) is 4.79 Å². The summed E-state index contributed by atoms with van der Waals surface area (Å²) >= 11 is 0. The molecule has 0 fully saturated rings. The number of nitrogens with zero attached hydrogens (tertiary/aromatic N) is 1. The summed E-state index contributed by atoms with van der Waals surface area (Å²) in [6, 6.07) is 20.0. The molecule has 0 saturated carbocycles. The molecular formula is C24H27NO2. The number of ketones is 1. The lowest BCUT2D eigenvalue weighted by Gasteiger charge is -2.44. The van der Waals surface area contributed by atoms with Gasteiger partial charge in [-0.2, -0.15) is 0 Å². The van der Waals surface area contributed by atoms with Gasteiger partial charge in [-0.25, -0.2) is 0 Å². The van der Waals surface area contributed by atoms with E-state index in [4.69, 9.17) is 4.74 Å². The highest BCUT2D eigenvalue weighted by atomic mass is 16.5. The van der Waals surface area contributed by atoms with E-state index in [0.717, 1.165) is 12.0 Å². The monoisotopic (exact) mass is 361 g/mol. The molecule has 1 aliphatic rings. The minimum Gasteiger partial charge on any atom is -0.369 e. The third-order valence-electron chi connectivity index (χ3n) is 5.40. The van der Waals surface area contributed by atoms with E-state index in [2.05, 4.69) is 23.1 Å². The van der Waals surface area contributed by atoms with Gasteiger partial charge in [0.1, 0.15) is 6.10 Å². The fourth-order valence-corrected chi connectivity index (χ4v) is 3.89. The number of carbonyl (C=O) groups is 1. The van der Waals surface area contributed by atoms with Crippen LogP contribution in [0.25, 0.3) is 0 Å². The molecule has 3 nitrogen and oxygen atoms in total. The van der Waals surface area contributed by atoms with E-state index in [1.165, 1.54) is 5.56 Å². The van der Waals surface area contributed by atoms with Crippen LogP contribution in [0.4, 0.5) is 0 Å². The van der Waals surface area contributed by atoms with Crippen LogP contribution in [0.2, 0.25) is 0 Å². The molecule has 0 N–H and O–H groups in total. The van der Waals surface area contributed by atoms with Crippen molar-refractivity contribution in [3.8, 4) is 0 Å². The summed E-state index contributed by atoms with van der Waals surface area (Å²) in [4.78, 5) is 15.8. The first kappa shape index (κ1) is 19.3. The van der Waals surface area contributed by atoms with Crippen LogP contribution < -0.4 is 0 Å². The molecule has 27 heavy (non-hydrogen) atoms. The summed E-state index contributed by atoms with van der Waals surface area (Å²) in [5, 5.41) is 0. The smallest absolute Gasteiger partial charge is 0.175 e. The number of carbonyl (C=O) groups excluding carboxylic acids is 1. The van der Waals surface area contributed by atoms with Gasteiger partial charge in [-0.3, -0.25) is 9.69 Å². The second-order valence-electron chi connectivity index (χ2n) is 7.20. The number of Topliss-reactive ketones (excluding diaryl/α,β-unsaturated/α-hetero) is 1. The number of hydrogen-bond acceptors (Lipinski definition) is 3. The van der Waals surface area contributed by atoms with Gasteiger partial charge in [-0.15, -0.1) is 0 Å². The van der Waals surface area contributed by atoms with Crippen molar-refractivity contribution < 1.29 is 9.53 Å². The Hall–Kier alpha value is -2.49. The normalized spacial score (nSPS) is 22.7. The molecule has 0 bridgehead atoms. The first-order valence-corrected chi connectivity index (χ1v) is 9.27. The lowest BCUT2D eigenvalue weighted by atomic mass is 9.71. The highest BCUT2D eigenvalue weighted by molar-refractivity contribution is 5.90. The average Bonchev–Trinajstić information content (AvgIpc) is 2.70. The van der Waals surface area contributed by atoms with Gasteiger partial charge in [0, 0.05) is 7.11 Å². The quantitative estimate of drug-likeness (QED) is 0.739. The number of rotatable bonds is 7. The SMILES string of the molecule is COC(C(=O)C1C=CC=CC1(Cc1ccccc1)N(C)C)c1ccccc1. The van der Waals surface area contributed by atoms with Crippen LogP contribution in [-0.4, -0.2) is 37.4 Å². The zero-order chi connectivity index (χ0) is 19.3. The van der Waals surface area contributed by atoms with Crippen LogP contribution in [0.15, 0.2) is 85.0 Å². The van der Waals surface area contributed by atoms with Crippen molar-refractivity contribution >= 4 is 5.78 Å². The minimum absolute atomic E-state index is 0.0777. The molecule has 0 amide bonds. The highest BCUT2D eigenvalue weighted by Gasteiger charge is 2.44. The molecular weight excluding hydrogens is 334 g/mol. The van der Waals surface area contributed by atoms with Gasteiger partial charge in [-0.1, -0.05) is 85.0 Å². The zero-order valence-corrected chi connectivity index (χ0v) is 16.2. The van der Waals surface area contributed by atoms with Crippen molar-refractivity contribution in [2.24, 2.45) is 5.92 Å². The van der Waals surface area contributed by atoms with Gasteiger partial charge < -0.3 is 4.74 Å². The lowest BCUT2D eigenvalue weighted by Crippen LogP contribution is -2.54. The highest BCUT2D eigenvalue weighted by Crippen LogP contribution is 2.37. The van der Waals surface area contributed by atoms with Gasteiger partial charge >= 0.3 is 0 Å². The van der Waals surface area contributed by atoms with Gasteiger partial charge in [-0.05, 0) is 31.6 Å². The van der Waals surface area contributed by atoms with E-state index in [-0.39, 0.29) is 11.7 Å². The maximum atomic E-state index is 13.6. The molecule has 0 spiro atoms. The molecule has 3 rings (SSSR count). The molecule has 0 radical (unpaired) electrons. The molecule has 3 atom stereocenters. The second-order valence-corrected chi connectivity index (χ2v) is 7.20. The van der Waals surface area contributed by atoms with Gasteiger partial charge in [0.25, 0.3) is 0 Å². The Morgan fingerprint density at radius 3 is 2.26 bits per heavy atom. The van der Waals surface area contributed by atoms with Crippen LogP contribution in [0.5, 0.6) is 0 Å². The maximum absolute atomic E-state index is 13.6. The van der Waals surface area contributed by atoms with Crippen molar-refractivity contribution in [1.82, 2.24) is 4.90 Å². The Bertz CT molecular complexity index is 811. The standard InChI is InChI=1S/C24H27NO2/c1-25(2)24(18-19-12-6-4-7-13-19)17-11-10-16-21(24)22(26)23(27-3)20-14-8-5-9-15-20/h4-17,21,23H,18H2,1-3H3. The van der Waals surface area contributed by atoms with E-state index in [0.29, 0.717) is 0 Å². The van der Waals surface area contributed by atoms with Crippen LogP contribution in [0, 0.1) is 5.92 Å². The molecule has 0 heterocycles. The molecule has 2 aromatic rings. The van der Waals surface area contributed by atoms with Crippen molar-refractivity contribution in [2.75, 3.05) is 21.2 Å². The summed E-state index contributed by atoms with van der Waals surface area (Å²) in [7, 11) is 5.68. The van der Waals surface area contributed by atoms with Crippen LogP contribution in [0.1, 0.15) is 17.2 Å². The predicted molar refractivity (Wildman–Crippen MR) is 110 cm³/mol. The Labute approximate surface area is 162 Å². The molecule has 0 saturated heterocycles. The number of benzene rings is 2. The molecule has 2 aromatic carbocycles. The van der Waals surface area contributed by atoms with Crippen LogP contribution in [0.3, 0.4) is 0 Å². The first-order valence-electron chi connectivity index (χ1n) is 9.27. The van der Waals surface area contributed by atoms with Gasteiger partial charge in [0.15, 0.2) is 5.78 Å². The fraction of sp³-hybridized carbons (Fsp3) is 0.292. The van der Waals surface area contributed by atoms with E-state index >= 15 is 0 Å². The fourth-order valence-electron chi connectivity index (χ4n) is 3.89. The van der Waals surface area contributed by atoms with Crippen molar-refractivity contribution in [3.63, 3.8) is 0 Å². The second kappa shape index (κ2) is 8.47. The molecule has 0 aromatic heterocycles. The van der Waals surface area contributed by atoms with E-state index < -0.39 is 11.6 Å². The average molecular weight is 361 g/mol. The number of ether oxygens (including phenoxy) is 1. The van der Waals surface area contributed by atoms with Gasteiger partial charge in [0.05, 0.1) is 11.5 Å². The van der Waals surface area contributed by atoms with Crippen molar-refractivity contribution in [1.29, 1.82) is 0 Å². The summed E-state index contributed by atoms with van der Waals surface area (Å²) in [5.41, 5.74) is 1.66. The maximum Gasteiger partial charge on any atom is 0.175 e. The summed E-state index contributed by atoms with van der Waals surface area (Å²) in [6.07, 6.45) is 8.34. The van der Waals surface area contributed by atoms with Crippen LogP contribution in [-0.2, 0) is 16.0 Å². The Morgan fingerprint density at radius 1 is 1.04 bits per heavy atom. The molecule has 3 unspecified atom stereocenters. The summed E-state index contributed by atoms with van der Waals surface area (Å²) in [5.74, 6) is -0.225. The number of likely N-dealkylation sites (N-methyl/N-ethyl adjacent to an activating group) is 1. The summed E-state index contributed by atoms with van der Waals surface area (Å²) < 4.78 is 5.65. The predicted octanol–water partition coefficient (Wildman–Crippen LogP) is 4.23.